The van der Waals surface area contributed by atoms with E-state index >= 15 is 0 Å². The molecule has 0 nitrogen and oxygen atoms in total. The van der Waals surface area contributed by atoms with E-state index in [2.05, 4.69) is 31.2 Å². The second kappa shape index (κ2) is 8.14. The minimum Gasteiger partial charge on any atom is -0.204 e. The van der Waals surface area contributed by atoms with Crippen LogP contribution in [0, 0.1) is 23.4 Å². The van der Waals surface area contributed by atoms with Gasteiger partial charge in [0.1, 0.15) is 0 Å². The first-order valence-electron chi connectivity index (χ1n) is 10.5. The number of halogens is 3. The summed E-state index contributed by atoms with van der Waals surface area (Å²) in [7, 11) is 0. The molecule has 2 aliphatic rings. The van der Waals surface area contributed by atoms with Crippen molar-refractivity contribution in [3.8, 4) is 0 Å². The van der Waals surface area contributed by atoms with E-state index in [0.717, 1.165) is 38.5 Å². The smallest absolute Gasteiger partial charge is 0.194 e. The van der Waals surface area contributed by atoms with E-state index in [4.69, 9.17) is 0 Å². The quantitative estimate of drug-likeness (QED) is 0.400. The standard InChI is InChI=1S/C25H27F3/c1-2-3-4-5-16-6-10-21-18(12-16)7-8-19-13-17(9-11-22(19)21)20-14-23(26)25(28)24(27)15-20/h4-5,7-8,14-17H,2-3,6,9-13H2,1H3/t16-,17-/m0/s1. The Bertz CT molecular complexity index is 874. The highest BCUT2D eigenvalue weighted by Crippen LogP contribution is 2.39. The Labute approximate surface area is 165 Å². The van der Waals surface area contributed by atoms with E-state index in [-0.39, 0.29) is 5.92 Å². The molecule has 0 saturated heterocycles. The molecule has 28 heavy (non-hydrogen) atoms. The van der Waals surface area contributed by atoms with Crippen molar-refractivity contribution in [1.29, 1.82) is 0 Å². The summed E-state index contributed by atoms with van der Waals surface area (Å²) in [5.41, 5.74) is 6.29. The molecule has 0 aliphatic heterocycles. The minimum absolute atomic E-state index is 0.0449. The average Bonchev–Trinajstić information content (AvgIpc) is 2.71. The Morgan fingerprint density at radius 2 is 1.57 bits per heavy atom. The van der Waals surface area contributed by atoms with Crippen LogP contribution in [0.25, 0.3) is 0 Å². The maximum absolute atomic E-state index is 13.6. The molecule has 0 unspecified atom stereocenters. The highest BCUT2D eigenvalue weighted by molar-refractivity contribution is 5.46. The summed E-state index contributed by atoms with van der Waals surface area (Å²) in [6, 6.07) is 6.79. The molecule has 2 aliphatic carbocycles. The Morgan fingerprint density at radius 3 is 2.25 bits per heavy atom. The van der Waals surface area contributed by atoms with Gasteiger partial charge in [0.05, 0.1) is 0 Å². The lowest BCUT2D eigenvalue weighted by Gasteiger charge is -2.31. The van der Waals surface area contributed by atoms with Gasteiger partial charge in [0, 0.05) is 0 Å². The summed E-state index contributed by atoms with van der Waals surface area (Å²) in [6.45, 7) is 2.20. The zero-order valence-corrected chi connectivity index (χ0v) is 16.4. The van der Waals surface area contributed by atoms with Crippen molar-refractivity contribution >= 4 is 0 Å². The molecule has 148 valence electrons. The second-order valence-corrected chi connectivity index (χ2v) is 8.30. The van der Waals surface area contributed by atoms with Crippen molar-refractivity contribution in [3.05, 3.63) is 81.7 Å². The fraction of sp³-hybridized carbons (Fsp3) is 0.440. The predicted octanol–water partition coefficient (Wildman–Crippen LogP) is 6.84. The molecule has 0 heterocycles. The molecule has 0 bridgehead atoms. The van der Waals surface area contributed by atoms with Crippen molar-refractivity contribution in [2.75, 3.05) is 0 Å². The van der Waals surface area contributed by atoms with Gasteiger partial charge in [-0.3, -0.25) is 0 Å². The number of rotatable bonds is 4. The summed E-state index contributed by atoms with van der Waals surface area (Å²) in [6.07, 6.45) is 13.0. The molecule has 0 amide bonds. The Morgan fingerprint density at radius 1 is 0.929 bits per heavy atom. The van der Waals surface area contributed by atoms with Gasteiger partial charge in [0.25, 0.3) is 0 Å². The van der Waals surface area contributed by atoms with E-state index in [9.17, 15) is 13.2 Å². The van der Waals surface area contributed by atoms with Gasteiger partial charge in [0.2, 0.25) is 0 Å². The van der Waals surface area contributed by atoms with Crippen LogP contribution in [0.3, 0.4) is 0 Å². The van der Waals surface area contributed by atoms with Gasteiger partial charge in [-0.2, -0.15) is 0 Å². The van der Waals surface area contributed by atoms with Crippen LogP contribution < -0.4 is 0 Å². The van der Waals surface area contributed by atoms with Gasteiger partial charge in [-0.15, -0.1) is 0 Å². The van der Waals surface area contributed by atoms with E-state index in [1.165, 1.54) is 47.2 Å². The number of benzene rings is 2. The molecular weight excluding hydrogens is 357 g/mol. The van der Waals surface area contributed by atoms with Crippen molar-refractivity contribution in [3.63, 3.8) is 0 Å². The number of fused-ring (bicyclic) bond motifs is 3. The minimum atomic E-state index is -1.38. The molecule has 2 aromatic carbocycles. The van der Waals surface area contributed by atoms with Crippen LogP contribution in [0.4, 0.5) is 13.2 Å². The van der Waals surface area contributed by atoms with Crippen molar-refractivity contribution in [2.45, 2.75) is 64.2 Å². The largest absolute Gasteiger partial charge is 0.204 e. The van der Waals surface area contributed by atoms with Gasteiger partial charge in [-0.05, 0) is 96.7 Å². The molecule has 0 spiro atoms. The number of hydrogen-bond donors (Lipinski definition) is 0. The molecule has 3 heteroatoms. The third-order valence-corrected chi connectivity index (χ3v) is 6.42. The lowest BCUT2D eigenvalue weighted by atomic mass is 9.74. The maximum atomic E-state index is 13.6. The fourth-order valence-electron chi connectivity index (χ4n) is 4.91. The van der Waals surface area contributed by atoms with Gasteiger partial charge in [-0.25, -0.2) is 13.2 Å². The topological polar surface area (TPSA) is 0 Å². The van der Waals surface area contributed by atoms with Crippen LogP contribution in [0.1, 0.15) is 66.3 Å². The first kappa shape index (κ1) is 19.3. The predicted molar refractivity (Wildman–Crippen MR) is 107 cm³/mol. The first-order chi connectivity index (χ1) is 13.6. The zero-order chi connectivity index (χ0) is 19.7. The molecule has 0 N–H and O–H groups in total. The molecule has 0 fully saturated rings. The lowest BCUT2D eigenvalue weighted by Crippen LogP contribution is -2.20. The van der Waals surface area contributed by atoms with Crippen molar-refractivity contribution in [2.24, 2.45) is 5.92 Å². The van der Waals surface area contributed by atoms with Crippen LogP contribution in [0.2, 0.25) is 0 Å². The molecular formula is C25H27F3. The SMILES string of the molecule is CCCC=C[C@H]1CCc2c(ccc3c2CC[C@H](c2cc(F)c(F)c(F)c2)C3)C1. The average molecular weight is 384 g/mol. The third-order valence-electron chi connectivity index (χ3n) is 6.42. The van der Waals surface area contributed by atoms with E-state index in [0.29, 0.717) is 11.5 Å². The first-order valence-corrected chi connectivity index (χ1v) is 10.5. The second-order valence-electron chi connectivity index (χ2n) is 8.30. The maximum Gasteiger partial charge on any atom is 0.194 e. The third kappa shape index (κ3) is 3.76. The van der Waals surface area contributed by atoms with E-state index in [1.807, 2.05) is 0 Å². The Hall–Kier alpha value is -2.03. The molecule has 2 aromatic rings. The van der Waals surface area contributed by atoms with Crippen LogP contribution in [-0.4, -0.2) is 0 Å². The van der Waals surface area contributed by atoms with Crippen LogP contribution in [0.15, 0.2) is 36.4 Å². The number of hydrogen-bond acceptors (Lipinski definition) is 0. The number of allylic oxidation sites excluding steroid dienone is 2. The van der Waals surface area contributed by atoms with Gasteiger partial charge in [-0.1, -0.05) is 37.6 Å². The summed E-state index contributed by atoms with van der Waals surface area (Å²) >= 11 is 0. The summed E-state index contributed by atoms with van der Waals surface area (Å²) < 4.78 is 40.6. The van der Waals surface area contributed by atoms with Crippen LogP contribution in [0.5, 0.6) is 0 Å². The van der Waals surface area contributed by atoms with Crippen molar-refractivity contribution in [1.82, 2.24) is 0 Å². The fourth-order valence-corrected chi connectivity index (χ4v) is 4.91. The van der Waals surface area contributed by atoms with Gasteiger partial charge in [0.15, 0.2) is 17.5 Å². The van der Waals surface area contributed by atoms with Crippen LogP contribution in [-0.2, 0) is 25.7 Å². The summed E-state index contributed by atoms with van der Waals surface area (Å²) in [4.78, 5) is 0. The van der Waals surface area contributed by atoms with E-state index in [1.54, 1.807) is 0 Å². The van der Waals surface area contributed by atoms with Gasteiger partial charge >= 0.3 is 0 Å². The van der Waals surface area contributed by atoms with E-state index < -0.39 is 17.5 Å². The highest BCUT2D eigenvalue weighted by Gasteiger charge is 2.27. The summed E-state index contributed by atoms with van der Waals surface area (Å²) in [5.74, 6) is -2.87. The lowest BCUT2D eigenvalue weighted by molar-refractivity contribution is 0.441. The molecule has 0 radical (unpaired) electrons. The summed E-state index contributed by atoms with van der Waals surface area (Å²) in [5, 5.41) is 0. The highest BCUT2D eigenvalue weighted by atomic mass is 19.2. The molecule has 0 saturated carbocycles. The molecule has 4 rings (SSSR count). The molecule has 2 atom stereocenters. The number of unbranched alkanes of at least 4 members (excludes halogenated alkanes) is 1. The molecule has 0 aromatic heterocycles. The normalized spacial score (nSPS) is 21.6. The van der Waals surface area contributed by atoms with Crippen LogP contribution >= 0.6 is 0 Å². The Kier molecular flexibility index (Phi) is 5.61. The zero-order valence-electron chi connectivity index (χ0n) is 16.4. The monoisotopic (exact) mass is 384 g/mol. The van der Waals surface area contributed by atoms with Crippen molar-refractivity contribution < 1.29 is 13.2 Å². The van der Waals surface area contributed by atoms with Gasteiger partial charge < -0.3 is 0 Å². The Balaban J connectivity index is 1.54.